The van der Waals surface area contributed by atoms with Crippen LogP contribution in [0.3, 0.4) is 0 Å². The number of carboxylic acid groups (broad SMARTS) is 1. The van der Waals surface area contributed by atoms with Gasteiger partial charge in [0.1, 0.15) is 5.97 Å². The molecule has 0 unspecified atom stereocenters. The Morgan fingerprint density at radius 3 is 1.77 bits per heavy atom. The van der Waals surface area contributed by atoms with Gasteiger partial charge >= 0.3 is 12.0 Å². The maximum absolute atomic E-state index is 10.5. The lowest BCUT2D eigenvalue weighted by atomic mass is 10.7. The molecule has 1 N–H and O–H groups in total. The first-order chi connectivity index (χ1) is 5.84. The van der Waals surface area contributed by atoms with Gasteiger partial charge in [0.25, 0.3) is 0 Å². The number of carbonyl (C=O) groups excluding carboxylic acids is 1. The number of carbonyl (C=O) groups is 1. The van der Waals surface area contributed by atoms with Gasteiger partial charge in [-0.25, -0.2) is 0 Å². The van der Waals surface area contributed by atoms with E-state index < -0.39 is 18.0 Å². The number of rotatable bonds is 0. The molecule has 0 atom stereocenters. The predicted octanol–water partition coefficient (Wildman–Crippen LogP) is -0.824. The van der Waals surface area contributed by atoms with Crippen LogP contribution in [0.1, 0.15) is 0 Å². The minimum atomic E-state index is -5.19. The van der Waals surface area contributed by atoms with Crippen molar-refractivity contribution in [3.8, 4) is 0 Å². The first kappa shape index (κ1) is 11.3. The summed E-state index contributed by atoms with van der Waals surface area (Å²) in [5.74, 6) is -3.41. The summed E-state index contributed by atoms with van der Waals surface area (Å²) in [7, 11) is 0. The number of hydrogen-bond donors (Lipinski definition) is 0. The maximum Gasteiger partial charge on any atom is 0.723 e. The Labute approximate surface area is 68.4 Å². The Morgan fingerprint density at radius 2 is 1.69 bits per heavy atom. The molecule has 0 spiro atoms. The molecule has 0 amide bonds. The van der Waals surface area contributed by atoms with Crippen LogP contribution < -0.4 is 10.9 Å². The topological polar surface area (TPSA) is 87.8 Å². The average molecular weight is 200 g/mol. The summed E-state index contributed by atoms with van der Waals surface area (Å²) >= 11 is 0. The lowest BCUT2D eigenvalue weighted by Gasteiger charge is -2.03. The highest BCUT2D eigenvalue weighted by Crippen LogP contribution is 2.11. The molecule has 0 bridgehead atoms. The smallest absolute Gasteiger partial charge is 0.542 e. The van der Waals surface area contributed by atoms with Gasteiger partial charge < -0.3 is 14.7 Å². The van der Waals surface area contributed by atoms with E-state index in [2.05, 4.69) is 8.83 Å². The second-order valence-corrected chi connectivity index (χ2v) is 1.56. The Hall–Kier alpha value is -1.73. The van der Waals surface area contributed by atoms with Crippen LogP contribution in [0.4, 0.5) is 13.2 Å². The number of hydrogen-bond acceptors (Lipinski definition) is 4. The van der Waals surface area contributed by atoms with E-state index in [1.165, 1.54) is 12.5 Å². The van der Waals surface area contributed by atoms with Crippen LogP contribution in [-0.2, 0) is 4.79 Å². The number of halogens is 3. The zero-order chi connectivity index (χ0) is 10.5. The molecule has 5 nitrogen and oxygen atoms in total. The van der Waals surface area contributed by atoms with E-state index in [1.54, 1.807) is 0 Å². The van der Waals surface area contributed by atoms with E-state index in [1.807, 2.05) is 0 Å². The van der Waals surface area contributed by atoms with Gasteiger partial charge in [0, 0.05) is 0 Å². The van der Waals surface area contributed by atoms with E-state index >= 15 is 0 Å². The Morgan fingerprint density at radius 1 is 1.38 bits per heavy atom. The third-order valence-corrected chi connectivity index (χ3v) is 0.625. The Bertz CT molecular complexity index is 292. The van der Waals surface area contributed by atoms with E-state index in [-0.39, 0.29) is 0 Å². The summed E-state index contributed by atoms with van der Waals surface area (Å²) in [6.45, 7) is 0. The lowest BCUT2D eigenvalue weighted by molar-refractivity contribution is -0.344. The molecular formula is C5H3F3O5. The third kappa shape index (κ3) is 5.53. The summed E-state index contributed by atoms with van der Waals surface area (Å²) in [5.41, 5.74) is 0. The van der Waals surface area contributed by atoms with Gasteiger partial charge in [-0.15, -0.1) is 0 Å². The van der Waals surface area contributed by atoms with E-state index in [0.29, 0.717) is 0 Å². The van der Waals surface area contributed by atoms with Crippen molar-refractivity contribution in [1.82, 2.24) is 0 Å². The van der Waals surface area contributed by atoms with Gasteiger partial charge in [-0.05, 0) is 0 Å². The highest BCUT2D eigenvalue weighted by molar-refractivity contribution is 5.70. The zero-order valence-corrected chi connectivity index (χ0v) is 5.87. The normalized spacial score (nSPS) is 10.1. The molecule has 1 aromatic rings. The maximum atomic E-state index is 10.5. The van der Waals surface area contributed by atoms with Crippen molar-refractivity contribution in [2.24, 2.45) is 0 Å². The second kappa shape index (κ2) is 4.33. The summed E-state index contributed by atoms with van der Waals surface area (Å²) in [6, 6.07) is 0. The molecule has 1 heterocycles. The minimum absolute atomic E-state index is 0.407. The zero-order valence-electron chi connectivity index (χ0n) is 5.87. The molecule has 0 aliphatic heterocycles. The van der Waals surface area contributed by atoms with Crippen LogP contribution in [-0.4, -0.2) is 16.9 Å². The fraction of sp³-hybridized carbons (Fsp3) is 0.200. The van der Waals surface area contributed by atoms with Crippen molar-refractivity contribution in [2.45, 2.75) is 6.18 Å². The van der Waals surface area contributed by atoms with Crippen LogP contribution >= 0.6 is 0 Å². The fourth-order valence-corrected chi connectivity index (χ4v) is 0.200. The molecule has 0 saturated heterocycles. The number of aliphatic carboxylic acids is 1. The molecule has 0 aliphatic rings. The first-order valence-corrected chi connectivity index (χ1v) is 2.66. The molecule has 74 valence electrons. The lowest BCUT2D eigenvalue weighted by Crippen LogP contribution is -2.37. The molecule has 0 fully saturated rings. The molecule has 0 aliphatic carbocycles. The number of carboxylic acids is 1. The van der Waals surface area contributed by atoms with E-state index in [9.17, 15) is 13.2 Å². The van der Waals surface area contributed by atoms with Gasteiger partial charge in [0.2, 0.25) is 12.5 Å². The van der Waals surface area contributed by atoms with Gasteiger partial charge in [-0.3, -0.25) is 8.83 Å². The van der Waals surface area contributed by atoms with Gasteiger partial charge in [0.05, 0.1) is 0 Å². The molecule has 1 rings (SSSR count). The van der Waals surface area contributed by atoms with Crippen molar-refractivity contribution >= 4 is 5.97 Å². The van der Waals surface area contributed by atoms with Crippen molar-refractivity contribution in [3.63, 3.8) is 0 Å². The predicted molar refractivity (Wildman–Crippen MR) is 27.1 cm³/mol. The quantitative estimate of drug-likeness (QED) is 0.511. The Balaban J connectivity index is 0.000000223. The van der Waals surface area contributed by atoms with Crippen LogP contribution in [0.2, 0.25) is 0 Å². The first-order valence-electron chi connectivity index (χ1n) is 2.66. The fourth-order valence-electron chi connectivity index (χ4n) is 0.200. The molecule has 0 saturated carbocycles. The Kier molecular flexibility index (Phi) is 3.76. The van der Waals surface area contributed by atoms with Crippen LogP contribution in [0.25, 0.3) is 0 Å². The van der Waals surface area contributed by atoms with Crippen molar-refractivity contribution in [2.75, 3.05) is 0 Å². The standard InChI is InChI=1S/C3H2O3.C2HF3O2/c4-3-5-1-2-6-3;3-2(4,5)1(6)7/h1-2H;(H,6,7). The molecule has 1 aromatic heterocycles. The average Bonchev–Trinajstić information content (AvgIpc) is 2.38. The SMILES string of the molecule is O=C([O-])C(F)(F)F.[OH+]=c1occo1. The van der Waals surface area contributed by atoms with E-state index in [0.717, 1.165) is 0 Å². The summed E-state index contributed by atoms with van der Waals surface area (Å²) < 4.78 is 40.0. The van der Waals surface area contributed by atoms with Crippen LogP contribution in [0, 0.1) is 0 Å². The highest BCUT2D eigenvalue weighted by atomic mass is 19.4. The highest BCUT2D eigenvalue weighted by Gasteiger charge is 2.28. The molecular weight excluding hydrogens is 197 g/mol. The monoisotopic (exact) mass is 200 g/mol. The third-order valence-electron chi connectivity index (χ3n) is 0.625. The van der Waals surface area contributed by atoms with Crippen LogP contribution in [0.5, 0.6) is 0 Å². The van der Waals surface area contributed by atoms with Gasteiger partial charge in [-0.1, -0.05) is 0 Å². The number of alkyl halides is 3. The van der Waals surface area contributed by atoms with Crippen molar-refractivity contribution in [3.05, 3.63) is 18.3 Å². The summed E-state index contributed by atoms with van der Waals surface area (Å²) in [4.78, 5) is 16.9. The minimum Gasteiger partial charge on any atom is -0.542 e. The molecule has 13 heavy (non-hydrogen) atoms. The van der Waals surface area contributed by atoms with E-state index in [4.69, 9.17) is 14.7 Å². The van der Waals surface area contributed by atoms with Crippen molar-refractivity contribution in [1.29, 1.82) is 0 Å². The van der Waals surface area contributed by atoms with Crippen molar-refractivity contribution < 1.29 is 36.7 Å². The summed E-state index contributed by atoms with van der Waals surface area (Å²) in [6.07, 6.45) is -2.70. The summed E-state index contributed by atoms with van der Waals surface area (Å²) in [5, 5.41) is 8.78. The van der Waals surface area contributed by atoms with Crippen LogP contribution in [0.15, 0.2) is 21.4 Å². The molecule has 0 radical (unpaired) electrons. The molecule has 0 aromatic carbocycles. The second-order valence-electron chi connectivity index (χ2n) is 1.56. The molecule has 8 heteroatoms. The largest absolute Gasteiger partial charge is 0.723 e. The van der Waals surface area contributed by atoms with Gasteiger partial charge in [0.15, 0.2) is 0 Å². The van der Waals surface area contributed by atoms with Gasteiger partial charge in [-0.2, -0.15) is 13.2 Å².